The molecule has 1 aromatic rings. The minimum atomic E-state index is 0.709. The molecule has 1 heterocycles. The van der Waals surface area contributed by atoms with Gasteiger partial charge in [0.05, 0.1) is 0 Å². The second-order valence-corrected chi connectivity index (χ2v) is 5.98. The molecule has 1 unspecified atom stereocenters. The summed E-state index contributed by atoms with van der Waals surface area (Å²) in [5.74, 6) is 2.53. The third-order valence-corrected chi connectivity index (χ3v) is 4.52. The predicted molar refractivity (Wildman–Crippen MR) is 78.3 cm³/mol. The van der Waals surface area contributed by atoms with Gasteiger partial charge in [-0.1, -0.05) is 11.6 Å². The lowest BCUT2D eigenvalue weighted by molar-refractivity contribution is 0.242. The third kappa shape index (κ3) is 4.09. The summed E-state index contributed by atoms with van der Waals surface area (Å²) >= 11 is 7.91. The highest BCUT2D eigenvalue weighted by Gasteiger charge is 2.17. The summed E-state index contributed by atoms with van der Waals surface area (Å²) < 4.78 is 0. The first-order valence-electron chi connectivity index (χ1n) is 6.07. The Labute approximate surface area is 113 Å². The van der Waals surface area contributed by atoms with Crippen LogP contribution in [0.3, 0.4) is 0 Å². The van der Waals surface area contributed by atoms with Gasteiger partial charge in [0.1, 0.15) is 0 Å². The Morgan fingerprint density at radius 2 is 2.18 bits per heavy atom. The highest BCUT2D eigenvalue weighted by Crippen LogP contribution is 2.16. The molecule has 4 heteroatoms. The third-order valence-electron chi connectivity index (χ3n) is 3.08. The monoisotopic (exact) mass is 270 g/mol. The molecule has 0 bridgehead atoms. The van der Waals surface area contributed by atoms with Crippen LogP contribution in [0, 0.1) is 0 Å². The molecule has 94 valence electrons. The average Bonchev–Trinajstić information content (AvgIpc) is 2.34. The molecule has 1 fully saturated rings. The Hall–Kier alpha value is -0.380. The summed E-state index contributed by atoms with van der Waals surface area (Å²) in [6, 6.07) is 8.60. The Morgan fingerprint density at radius 3 is 2.88 bits per heavy atom. The highest BCUT2D eigenvalue weighted by atomic mass is 35.5. The molecule has 0 saturated carbocycles. The molecule has 0 radical (unpaired) electrons. The summed E-state index contributed by atoms with van der Waals surface area (Å²) in [7, 11) is 0. The van der Waals surface area contributed by atoms with Gasteiger partial charge in [0.2, 0.25) is 0 Å². The van der Waals surface area contributed by atoms with Gasteiger partial charge in [0.15, 0.2) is 0 Å². The van der Waals surface area contributed by atoms with Crippen molar-refractivity contribution in [1.82, 2.24) is 4.90 Å². The van der Waals surface area contributed by atoms with Crippen LogP contribution in [0.4, 0.5) is 5.69 Å². The lowest BCUT2D eigenvalue weighted by Crippen LogP contribution is -2.42. The Morgan fingerprint density at radius 1 is 1.41 bits per heavy atom. The first-order valence-corrected chi connectivity index (χ1v) is 7.60. The summed E-state index contributed by atoms with van der Waals surface area (Å²) in [4.78, 5) is 2.55. The second kappa shape index (κ2) is 6.53. The Bertz CT molecular complexity index is 342. The molecule has 1 aliphatic rings. The van der Waals surface area contributed by atoms with Gasteiger partial charge in [-0.2, -0.15) is 11.8 Å². The fourth-order valence-corrected chi connectivity index (χ4v) is 3.21. The molecule has 1 saturated heterocycles. The van der Waals surface area contributed by atoms with Crippen LogP contribution < -0.4 is 5.32 Å². The van der Waals surface area contributed by atoms with E-state index in [0.717, 1.165) is 23.8 Å². The number of thioether (sulfide) groups is 1. The summed E-state index contributed by atoms with van der Waals surface area (Å²) in [6.45, 7) is 5.64. The Kier molecular flexibility index (Phi) is 5.01. The van der Waals surface area contributed by atoms with Gasteiger partial charge >= 0.3 is 0 Å². The molecule has 17 heavy (non-hydrogen) atoms. The maximum Gasteiger partial charge on any atom is 0.0407 e. The summed E-state index contributed by atoms with van der Waals surface area (Å²) in [5.41, 5.74) is 1.15. The van der Waals surface area contributed by atoms with E-state index in [1.54, 1.807) is 0 Å². The lowest BCUT2D eigenvalue weighted by atomic mass is 10.3. The van der Waals surface area contributed by atoms with Gasteiger partial charge in [-0.25, -0.2) is 0 Å². The van der Waals surface area contributed by atoms with E-state index in [9.17, 15) is 0 Å². The van der Waals surface area contributed by atoms with Crippen molar-refractivity contribution >= 4 is 29.1 Å². The first-order chi connectivity index (χ1) is 8.25. The quantitative estimate of drug-likeness (QED) is 0.905. The zero-order valence-corrected chi connectivity index (χ0v) is 11.7. The molecule has 0 amide bonds. The fourth-order valence-electron chi connectivity index (χ4n) is 2.01. The topological polar surface area (TPSA) is 15.3 Å². The molecular formula is C13H19ClN2S. The van der Waals surface area contributed by atoms with E-state index in [1.807, 2.05) is 24.3 Å². The van der Waals surface area contributed by atoms with Crippen molar-refractivity contribution in [2.45, 2.75) is 13.0 Å². The van der Waals surface area contributed by atoms with Crippen molar-refractivity contribution in [1.29, 1.82) is 0 Å². The predicted octanol–water partition coefficient (Wildman–Crippen LogP) is 3.19. The zero-order valence-electron chi connectivity index (χ0n) is 10.2. The van der Waals surface area contributed by atoms with Crippen LogP contribution in [0.1, 0.15) is 6.92 Å². The first kappa shape index (κ1) is 13.1. The molecule has 1 aromatic carbocycles. The van der Waals surface area contributed by atoms with E-state index in [0.29, 0.717) is 6.04 Å². The molecule has 0 spiro atoms. The second-order valence-electron chi connectivity index (χ2n) is 4.39. The smallest absolute Gasteiger partial charge is 0.0407 e. The van der Waals surface area contributed by atoms with Gasteiger partial charge in [-0.3, -0.25) is 4.90 Å². The molecular weight excluding hydrogens is 252 g/mol. The number of halogens is 1. The van der Waals surface area contributed by atoms with Crippen LogP contribution in [-0.2, 0) is 0 Å². The van der Waals surface area contributed by atoms with Crippen LogP contribution in [-0.4, -0.2) is 42.1 Å². The summed E-state index contributed by atoms with van der Waals surface area (Å²) in [6.07, 6.45) is 0. The van der Waals surface area contributed by atoms with Crippen LogP contribution >= 0.6 is 23.4 Å². The van der Waals surface area contributed by atoms with Crippen molar-refractivity contribution in [3.63, 3.8) is 0 Å². The van der Waals surface area contributed by atoms with Crippen LogP contribution in [0.5, 0.6) is 0 Å². The molecule has 0 aromatic heterocycles. The van der Waals surface area contributed by atoms with Crippen molar-refractivity contribution < 1.29 is 0 Å². The van der Waals surface area contributed by atoms with Crippen molar-refractivity contribution in [2.75, 3.05) is 36.5 Å². The van der Waals surface area contributed by atoms with E-state index in [-0.39, 0.29) is 0 Å². The van der Waals surface area contributed by atoms with Crippen LogP contribution in [0.25, 0.3) is 0 Å². The number of nitrogens with zero attached hydrogens (tertiary/aromatic N) is 1. The maximum atomic E-state index is 5.85. The number of hydrogen-bond donors (Lipinski definition) is 1. The van der Waals surface area contributed by atoms with Crippen molar-refractivity contribution in [2.24, 2.45) is 0 Å². The maximum absolute atomic E-state index is 5.85. The highest BCUT2D eigenvalue weighted by molar-refractivity contribution is 7.99. The largest absolute Gasteiger partial charge is 0.384 e. The standard InChI is InChI=1S/C13H19ClN2S/c1-11-10-17-9-8-16(11)7-6-15-13-4-2-12(14)3-5-13/h2-5,11,15H,6-10H2,1H3. The molecule has 2 nitrogen and oxygen atoms in total. The lowest BCUT2D eigenvalue weighted by Gasteiger charge is -2.32. The number of anilines is 1. The molecule has 1 atom stereocenters. The van der Waals surface area contributed by atoms with Gasteiger partial charge in [0.25, 0.3) is 0 Å². The van der Waals surface area contributed by atoms with Crippen molar-refractivity contribution in [3.8, 4) is 0 Å². The number of nitrogens with one attached hydrogen (secondary N) is 1. The molecule has 1 N–H and O–H groups in total. The van der Waals surface area contributed by atoms with E-state index in [1.165, 1.54) is 18.1 Å². The van der Waals surface area contributed by atoms with Gasteiger partial charge in [-0.15, -0.1) is 0 Å². The minimum absolute atomic E-state index is 0.709. The number of benzene rings is 1. The number of rotatable bonds is 4. The Balaban J connectivity index is 1.73. The summed E-state index contributed by atoms with van der Waals surface area (Å²) in [5, 5.41) is 4.22. The van der Waals surface area contributed by atoms with Gasteiger partial charge < -0.3 is 5.32 Å². The van der Waals surface area contributed by atoms with Crippen molar-refractivity contribution in [3.05, 3.63) is 29.3 Å². The fraction of sp³-hybridized carbons (Fsp3) is 0.538. The van der Waals surface area contributed by atoms with Crippen LogP contribution in [0.2, 0.25) is 5.02 Å². The molecule has 1 aliphatic heterocycles. The molecule has 0 aliphatic carbocycles. The molecule has 2 rings (SSSR count). The minimum Gasteiger partial charge on any atom is -0.384 e. The van der Waals surface area contributed by atoms with Gasteiger partial charge in [-0.05, 0) is 31.2 Å². The normalized spacial score (nSPS) is 21.4. The van der Waals surface area contributed by atoms with Crippen LogP contribution in [0.15, 0.2) is 24.3 Å². The SMILES string of the molecule is CC1CSCCN1CCNc1ccc(Cl)cc1. The van der Waals surface area contributed by atoms with E-state index in [2.05, 4.69) is 28.9 Å². The number of hydrogen-bond acceptors (Lipinski definition) is 3. The van der Waals surface area contributed by atoms with E-state index >= 15 is 0 Å². The van der Waals surface area contributed by atoms with E-state index < -0.39 is 0 Å². The van der Waals surface area contributed by atoms with Gasteiger partial charge in [0, 0.05) is 47.9 Å². The average molecular weight is 271 g/mol. The zero-order chi connectivity index (χ0) is 12.1. The van der Waals surface area contributed by atoms with E-state index in [4.69, 9.17) is 11.6 Å².